The van der Waals surface area contributed by atoms with Crippen LogP contribution in [0.2, 0.25) is 0 Å². The number of imide groups is 1. The van der Waals surface area contributed by atoms with E-state index in [1.165, 1.54) is 44.3 Å². The number of unbranched alkanes of at least 4 members (excludes halogenated alkanes) is 2. The number of hydrogen-bond donors (Lipinski definition) is 6. The highest BCUT2D eigenvalue weighted by Gasteiger charge is 2.38. The van der Waals surface area contributed by atoms with Crippen molar-refractivity contribution < 1.29 is 43.5 Å². The van der Waals surface area contributed by atoms with Crippen molar-refractivity contribution in [1.29, 1.82) is 0 Å². The molecule has 0 bridgehead atoms. The molecule has 15 nitrogen and oxygen atoms in total. The Morgan fingerprint density at radius 1 is 0.822 bits per heavy atom. The van der Waals surface area contributed by atoms with Gasteiger partial charge in [-0.15, -0.1) is 23.5 Å². The fraction of sp³-hybridized carbons (Fsp3) is 0.714. The highest BCUT2D eigenvalue weighted by molar-refractivity contribution is 8.00. The number of amides is 7. The van der Waals surface area contributed by atoms with Gasteiger partial charge < -0.3 is 32.1 Å². The van der Waals surface area contributed by atoms with Gasteiger partial charge in [0.2, 0.25) is 41.4 Å². The molecule has 1 heterocycles. The fourth-order valence-electron chi connectivity index (χ4n) is 4.08. The lowest BCUT2D eigenvalue weighted by Crippen LogP contribution is -2.54. The van der Waals surface area contributed by atoms with E-state index < -0.39 is 47.1 Å². The first-order valence-corrected chi connectivity index (χ1v) is 17.1. The van der Waals surface area contributed by atoms with Crippen LogP contribution in [0.15, 0.2) is 0 Å². The summed E-state index contributed by atoms with van der Waals surface area (Å²) in [6.45, 7) is 4.59. The summed E-state index contributed by atoms with van der Waals surface area (Å²) in [5.41, 5.74) is 5.09. The molecular formula is C28H46N6O9S2. The fourth-order valence-corrected chi connectivity index (χ4v) is 6.00. The van der Waals surface area contributed by atoms with E-state index in [2.05, 4.69) is 21.3 Å². The number of rotatable bonds is 23. The lowest BCUT2D eigenvalue weighted by Gasteiger charge is -2.20. The van der Waals surface area contributed by atoms with Crippen LogP contribution >= 0.6 is 23.5 Å². The molecular weight excluding hydrogens is 628 g/mol. The van der Waals surface area contributed by atoms with Gasteiger partial charge in [0.05, 0.1) is 11.1 Å². The SMILES string of the molecule is CC(NC(=O)CCCSC1CC(=O)N(CCCC(N)=O)C1=O)C(=O)NC(C)C(=O)NC(C)C(=O)NCSCCCCCC(=O)O. The van der Waals surface area contributed by atoms with Crippen LogP contribution in [-0.4, -0.2) is 105 Å². The maximum absolute atomic E-state index is 12.5. The van der Waals surface area contributed by atoms with Crippen molar-refractivity contribution in [3.8, 4) is 0 Å². The average Bonchev–Trinajstić information content (AvgIpc) is 3.23. The van der Waals surface area contributed by atoms with Crippen molar-refractivity contribution >= 4 is 70.8 Å². The second-order valence-corrected chi connectivity index (χ2v) is 13.1. The number of nitrogens with zero attached hydrogens (tertiary/aromatic N) is 1. The number of carboxylic acids is 1. The second-order valence-electron chi connectivity index (χ2n) is 10.7. The Balaban J connectivity index is 2.26. The molecule has 1 fully saturated rings. The molecule has 0 radical (unpaired) electrons. The van der Waals surface area contributed by atoms with Gasteiger partial charge in [-0.3, -0.25) is 43.3 Å². The normalized spacial score (nSPS) is 16.4. The van der Waals surface area contributed by atoms with Crippen LogP contribution in [-0.2, 0) is 38.4 Å². The number of nitrogens with two attached hydrogens (primary N) is 1. The molecule has 0 aromatic carbocycles. The Labute approximate surface area is 271 Å². The van der Waals surface area contributed by atoms with Gasteiger partial charge in [-0.05, 0) is 58.0 Å². The van der Waals surface area contributed by atoms with E-state index in [9.17, 15) is 38.4 Å². The van der Waals surface area contributed by atoms with Crippen molar-refractivity contribution in [2.45, 2.75) is 102 Å². The molecule has 0 aromatic rings. The third-order valence-electron chi connectivity index (χ3n) is 6.68. The number of aliphatic carboxylic acids is 1. The molecule has 0 spiro atoms. The molecule has 0 saturated carbocycles. The largest absolute Gasteiger partial charge is 0.481 e. The predicted molar refractivity (Wildman–Crippen MR) is 170 cm³/mol. The molecule has 45 heavy (non-hydrogen) atoms. The topological polar surface area (TPSA) is 234 Å². The number of carboxylic acid groups (broad SMARTS) is 1. The lowest BCUT2D eigenvalue weighted by atomic mass is 10.2. The molecule has 0 aliphatic carbocycles. The number of primary amides is 1. The van der Waals surface area contributed by atoms with Crippen molar-refractivity contribution in [1.82, 2.24) is 26.2 Å². The Morgan fingerprint density at radius 2 is 1.44 bits per heavy atom. The highest BCUT2D eigenvalue weighted by Crippen LogP contribution is 2.26. The van der Waals surface area contributed by atoms with Gasteiger partial charge in [0.25, 0.3) is 0 Å². The minimum Gasteiger partial charge on any atom is -0.481 e. The van der Waals surface area contributed by atoms with Crippen molar-refractivity contribution in [3.63, 3.8) is 0 Å². The van der Waals surface area contributed by atoms with E-state index in [-0.39, 0.29) is 55.9 Å². The van der Waals surface area contributed by atoms with E-state index in [1.807, 2.05) is 0 Å². The molecule has 1 aliphatic heterocycles. The molecule has 17 heteroatoms. The van der Waals surface area contributed by atoms with Gasteiger partial charge in [0.15, 0.2) is 0 Å². The summed E-state index contributed by atoms with van der Waals surface area (Å²) in [6, 6.07) is -2.73. The molecule has 4 atom stereocenters. The highest BCUT2D eigenvalue weighted by atomic mass is 32.2. The maximum Gasteiger partial charge on any atom is 0.303 e. The third-order valence-corrected chi connectivity index (χ3v) is 8.90. The zero-order valence-electron chi connectivity index (χ0n) is 26.1. The summed E-state index contributed by atoms with van der Waals surface area (Å²) >= 11 is 2.77. The summed E-state index contributed by atoms with van der Waals surface area (Å²) in [5.74, 6) is -2.29. The van der Waals surface area contributed by atoms with Crippen LogP contribution in [0.1, 0.15) is 78.6 Å². The van der Waals surface area contributed by atoms with Crippen molar-refractivity contribution in [2.24, 2.45) is 5.73 Å². The summed E-state index contributed by atoms with van der Waals surface area (Å²) in [5, 5.41) is 18.4. The number of thioether (sulfide) groups is 2. The van der Waals surface area contributed by atoms with E-state index >= 15 is 0 Å². The standard InChI is InChI=1S/C28H46N6O9S2/c1-17(25(40)30-16-44-13-6-4-5-11-24(38)39)32-27(42)19(3)33-26(41)18(2)31-22(36)10-8-14-45-20-15-23(37)34(28(20)43)12-7-9-21(29)35/h17-20H,4-16H2,1-3H3,(H2,29,35)(H,30,40)(H,31,36)(H,32,42)(H,33,41)(H,38,39). The number of nitrogens with one attached hydrogen (secondary N) is 4. The monoisotopic (exact) mass is 674 g/mol. The zero-order valence-corrected chi connectivity index (χ0v) is 27.7. The number of hydrogen-bond acceptors (Lipinski definition) is 10. The van der Waals surface area contributed by atoms with Gasteiger partial charge in [-0.1, -0.05) is 6.42 Å². The smallest absolute Gasteiger partial charge is 0.303 e. The van der Waals surface area contributed by atoms with E-state index in [0.717, 1.165) is 23.5 Å². The van der Waals surface area contributed by atoms with Crippen LogP contribution in [0.4, 0.5) is 0 Å². The summed E-state index contributed by atoms with van der Waals surface area (Å²) < 4.78 is 0. The van der Waals surface area contributed by atoms with E-state index in [0.29, 0.717) is 30.9 Å². The van der Waals surface area contributed by atoms with Gasteiger partial charge in [0.1, 0.15) is 18.1 Å². The minimum absolute atomic E-state index is 0.0660. The van der Waals surface area contributed by atoms with Crippen LogP contribution in [0.5, 0.6) is 0 Å². The van der Waals surface area contributed by atoms with Crippen LogP contribution in [0, 0.1) is 0 Å². The van der Waals surface area contributed by atoms with Crippen LogP contribution in [0.3, 0.4) is 0 Å². The third kappa shape index (κ3) is 16.5. The second kappa shape index (κ2) is 21.4. The zero-order chi connectivity index (χ0) is 33.9. The van der Waals surface area contributed by atoms with Gasteiger partial charge in [-0.2, -0.15) is 0 Å². The molecule has 0 aromatic heterocycles. The molecule has 1 rings (SSSR count). The number of likely N-dealkylation sites (tertiary alicyclic amines) is 1. The molecule has 7 N–H and O–H groups in total. The molecule has 1 saturated heterocycles. The number of carbonyl (C=O) groups is 8. The van der Waals surface area contributed by atoms with Gasteiger partial charge in [0, 0.05) is 32.2 Å². The van der Waals surface area contributed by atoms with Crippen molar-refractivity contribution in [3.05, 3.63) is 0 Å². The summed E-state index contributed by atoms with van der Waals surface area (Å²) in [7, 11) is 0. The molecule has 4 unspecified atom stereocenters. The Hall–Kier alpha value is -3.34. The van der Waals surface area contributed by atoms with Gasteiger partial charge in [-0.25, -0.2) is 0 Å². The van der Waals surface area contributed by atoms with E-state index in [1.54, 1.807) is 0 Å². The molecule has 1 aliphatic rings. The Kier molecular flexibility index (Phi) is 18.9. The summed E-state index contributed by atoms with van der Waals surface area (Å²) in [4.78, 5) is 96.6. The Bertz CT molecular complexity index is 1080. The van der Waals surface area contributed by atoms with E-state index in [4.69, 9.17) is 10.8 Å². The molecule has 7 amide bonds. The average molecular weight is 675 g/mol. The first-order chi connectivity index (χ1) is 21.2. The minimum atomic E-state index is -0.967. The summed E-state index contributed by atoms with van der Waals surface area (Å²) in [6.07, 6.45) is 3.36. The van der Waals surface area contributed by atoms with Gasteiger partial charge >= 0.3 is 5.97 Å². The first kappa shape index (κ1) is 39.7. The van der Waals surface area contributed by atoms with Crippen LogP contribution < -0.4 is 27.0 Å². The maximum atomic E-state index is 12.5. The quantitative estimate of drug-likeness (QED) is 0.0474. The molecule has 254 valence electrons. The van der Waals surface area contributed by atoms with Crippen molar-refractivity contribution in [2.75, 3.05) is 23.9 Å². The Morgan fingerprint density at radius 3 is 2.07 bits per heavy atom. The van der Waals surface area contributed by atoms with Crippen LogP contribution in [0.25, 0.3) is 0 Å². The number of carbonyl (C=O) groups excluding carboxylic acids is 7. The first-order valence-electron chi connectivity index (χ1n) is 14.9. The predicted octanol–water partition coefficient (Wildman–Crippen LogP) is -0.141. The lowest BCUT2D eigenvalue weighted by molar-refractivity contribution is -0.139.